The Morgan fingerprint density at radius 1 is 0.395 bits per heavy atom. The normalized spacial score (nSPS) is 11.9. The third kappa shape index (κ3) is 22.0. The fourth-order valence-electron chi connectivity index (χ4n) is 4.68. The molecule has 0 bridgehead atoms. The minimum Gasteiger partial charge on any atom is -0.374 e. The summed E-state index contributed by atoms with van der Waals surface area (Å²) in [5.41, 5.74) is 0. The lowest BCUT2D eigenvalue weighted by molar-refractivity contribution is 0.0700. The summed E-state index contributed by atoms with van der Waals surface area (Å²) in [4.78, 5) is 24.1. The highest BCUT2D eigenvalue weighted by atomic mass is 28.4. The first-order valence-electron chi connectivity index (χ1n) is 16.7. The maximum absolute atomic E-state index is 12.1. The zero-order valence-corrected chi connectivity index (χ0v) is 30.1. The summed E-state index contributed by atoms with van der Waals surface area (Å²) in [5, 5.41) is 11.7. The van der Waals surface area contributed by atoms with Gasteiger partial charge in [-0.15, -0.1) is 0 Å². The molecule has 0 unspecified atom stereocenters. The van der Waals surface area contributed by atoms with Gasteiger partial charge in [0.2, 0.25) is 0 Å². The second-order valence-corrected chi connectivity index (χ2v) is 15.5. The summed E-state index contributed by atoms with van der Waals surface area (Å²) in [6.45, 7) is 17.5. The molecule has 0 heterocycles. The van der Waals surface area contributed by atoms with Gasteiger partial charge in [0.15, 0.2) is 0 Å². The van der Waals surface area contributed by atoms with Crippen LogP contribution in [0, 0.1) is 0 Å². The first-order valence-corrected chi connectivity index (χ1v) is 20.6. The van der Waals surface area contributed by atoms with Crippen molar-refractivity contribution in [3.8, 4) is 0 Å². The Bertz CT molecular complexity index is 594. The first-order chi connectivity index (χ1) is 20.9. The van der Waals surface area contributed by atoms with Crippen LogP contribution in [0.15, 0.2) is 0 Å². The van der Waals surface area contributed by atoms with Gasteiger partial charge in [-0.25, -0.2) is 9.59 Å². The highest BCUT2D eigenvalue weighted by molar-refractivity contribution is 6.61. The van der Waals surface area contributed by atoms with Crippen LogP contribution in [0.4, 0.5) is 9.59 Å². The quantitative estimate of drug-likeness (QED) is 0.0615. The fraction of sp³-hybridized carbons (Fsp3) is 0.931. The van der Waals surface area contributed by atoms with Gasteiger partial charge in [0.05, 0.1) is 0 Å². The van der Waals surface area contributed by atoms with Gasteiger partial charge in [-0.1, -0.05) is 32.1 Å². The minimum absolute atomic E-state index is 0.135. The van der Waals surface area contributed by atoms with E-state index in [9.17, 15) is 9.59 Å². The van der Waals surface area contributed by atoms with Crippen LogP contribution in [-0.4, -0.2) is 95.5 Å². The maximum Gasteiger partial charge on any atom is 0.500 e. The molecule has 0 aliphatic carbocycles. The number of unbranched alkanes of at least 4 members (excludes halogenated alkanes) is 6. The number of carbonyl (C=O) groups is 2. The number of nitrogens with one attached hydrogen (secondary N) is 4. The molecule has 256 valence electrons. The molecule has 0 spiro atoms. The molecule has 0 radical (unpaired) electrons. The predicted octanol–water partition coefficient (Wildman–Crippen LogP) is 5.19. The number of amides is 4. The van der Waals surface area contributed by atoms with E-state index in [1.807, 2.05) is 41.5 Å². The van der Waals surface area contributed by atoms with E-state index in [4.69, 9.17) is 26.6 Å². The van der Waals surface area contributed by atoms with E-state index >= 15 is 0 Å². The van der Waals surface area contributed by atoms with Crippen molar-refractivity contribution < 1.29 is 36.1 Å². The lowest BCUT2D eigenvalue weighted by atomic mass is 10.1. The van der Waals surface area contributed by atoms with E-state index in [-0.39, 0.29) is 12.1 Å². The van der Waals surface area contributed by atoms with Gasteiger partial charge < -0.3 is 47.8 Å². The number of hydrogen-bond acceptors (Lipinski definition) is 8. The summed E-state index contributed by atoms with van der Waals surface area (Å²) in [5.74, 6) is 0. The van der Waals surface area contributed by atoms with Crippen LogP contribution in [0.1, 0.15) is 99.3 Å². The van der Waals surface area contributed by atoms with Crippen LogP contribution in [0.2, 0.25) is 12.1 Å². The Hall–Kier alpha value is -1.27. The largest absolute Gasteiger partial charge is 0.500 e. The molecular formula is C29H64N4O8Si2. The molecule has 14 heteroatoms. The SMILES string of the molecule is CCO[Si](CCCNC(=O)NCCCCCCCCCNC(=O)NCCC[Si](OCC)(OCC)OCC)(OCC)OCC. The monoisotopic (exact) mass is 652 g/mol. The lowest BCUT2D eigenvalue weighted by Crippen LogP contribution is -2.46. The van der Waals surface area contributed by atoms with E-state index in [1.165, 1.54) is 0 Å². The Kier molecular flexibility index (Phi) is 27.4. The van der Waals surface area contributed by atoms with Gasteiger partial charge in [-0.05, 0) is 67.2 Å². The smallest absolute Gasteiger partial charge is 0.374 e. The van der Waals surface area contributed by atoms with Crippen molar-refractivity contribution in [2.75, 3.05) is 65.8 Å². The van der Waals surface area contributed by atoms with E-state index in [0.29, 0.717) is 77.9 Å². The Morgan fingerprint density at radius 2 is 0.628 bits per heavy atom. The standard InChI is InChI=1S/C29H64N4O8Si2/c1-7-36-42(37-8-2,38-9-3)26-20-24-32-28(34)30-22-18-16-14-13-15-17-19-23-31-29(35)33-25-21-27-43(39-10-4,40-11-5)41-12-6/h7-27H2,1-6H3,(H2,30,32,34)(H2,31,33,35). The molecule has 0 atom stereocenters. The van der Waals surface area contributed by atoms with E-state index in [0.717, 1.165) is 57.8 Å². The molecule has 0 saturated carbocycles. The molecule has 0 aromatic heterocycles. The Balaban J connectivity index is 3.74. The highest BCUT2D eigenvalue weighted by Crippen LogP contribution is 2.18. The molecule has 43 heavy (non-hydrogen) atoms. The van der Waals surface area contributed by atoms with Crippen molar-refractivity contribution in [1.82, 2.24) is 21.3 Å². The number of hydrogen-bond donors (Lipinski definition) is 4. The van der Waals surface area contributed by atoms with Gasteiger partial charge in [-0.2, -0.15) is 0 Å². The summed E-state index contributed by atoms with van der Waals surface area (Å²) in [7, 11) is -5.30. The zero-order chi connectivity index (χ0) is 32.1. The third-order valence-electron chi connectivity index (χ3n) is 6.50. The van der Waals surface area contributed by atoms with Gasteiger partial charge in [-0.3, -0.25) is 0 Å². The van der Waals surface area contributed by atoms with E-state index in [1.54, 1.807) is 0 Å². The van der Waals surface area contributed by atoms with Crippen LogP contribution in [0.3, 0.4) is 0 Å². The minimum atomic E-state index is -2.65. The molecular weight excluding hydrogens is 589 g/mol. The molecule has 0 fully saturated rings. The van der Waals surface area contributed by atoms with Crippen LogP contribution in [0.5, 0.6) is 0 Å². The van der Waals surface area contributed by atoms with Crippen LogP contribution in [-0.2, 0) is 26.6 Å². The first kappa shape index (κ1) is 41.7. The van der Waals surface area contributed by atoms with Gasteiger partial charge in [0.1, 0.15) is 0 Å². The van der Waals surface area contributed by atoms with Crippen molar-refractivity contribution in [1.29, 1.82) is 0 Å². The number of urea groups is 2. The van der Waals surface area contributed by atoms with Gasteiger partial charge in [0.25, 0.3) is 0 Å². The van der Waals surface area contributed by atoms with Crippen LogP contribution < -0.4 is 21.3 Å². The summed E-state index contributed by atoms with van der Waals surface area (Å²) in [6, 6.07) is 1.11. The molecule has 12 nitrogen and oxygen atoms in total. The molecule has 0 aliphatic heterocycles. The molecule has 4 N–H and O–H groups in total. The topological polar surface area (TPSA) is 138 Å². The van der Waals surface area contributed by atoms with Crippen molar-refractivity contribution in [2.45, 2.75) is 111 Å². The van der Waals surface area contributed by atoms with Crippen molar-refractivity contribution in [2.24, 2.45) is 0 Å². The Morgan fingerprint density at radius 3 is 0.884 bits per heavy atom. The van der Waals surface area contributed by atoms with Crippen molar-refractivity contribution in [3.63, 3.8) is 0 Å². The van der Waals surface area contributed by atoms with E-state index < -0.39 is 17.6 Å². The second kappa shape index (κ2) is 28.2. The highest BCUT2D eigenvalue weighted by Gasteiger charge is 2.40. The number of rotatable bonds is 30. The molecule has 0 saturated heterocycles. The van der Waals surface area contributed by atoms with Crippen molar-refractivity contribution in [3.05, 3.63) is 0 Å². The average Bonchev–Trinajstić information content (AvgIpc) is 2.97. The Labute approximate surface area is 264 Å². The average molecular weight is 653 g/mol. The van der Waals surface area contributed by atoms with E-state index in [2.05, 4.69) is 21.3 Å². The summed E-state index contributed by atoms with van der Waals surface area (Å²) < 4.78 is 35.1. The van der Waals surface area contributed by atoms with Crippen LogP contribution in [0.25, 0.3) is 0 Å². The van der Waals surface area contributed by atoms with Crippen LogP contribution >= 0.6 is 0 Å². The molecule has 4 amide bonds. The maximum atomic E-state index is 12.1. The second-order valence-electron chi connectivity index (χ2n) is 10.0. The lowest BCUT2D eigenvalue weighted by Gasteiger charge is -2.28. The van der Waals surface area contributed by atoms with Crippen molar-refractivity contribution >= 4 is 29.7 Å². The third-order valence-corrected chi connectivity index (χ3v) is 12.8. The molecule has 0 rings (SSSR count). The fourth-order valence-corrected chi connectivity index (χ4v) is 9.90. The predicted molar refractivity (Wildman–Crippen MR) is 175 cm³/mol. The summed E-state index contributed by atoms with van der Waals surface area (Å²) >= 11 is 0. The van der Waals surface area contributed by atoms with Gasteiger partial charge in [0, 0.05) is 77.9 Å². The summed E-state index contributed by atoms with van der Waals surface area (Å²) in [6.07, 6.45) is 9.06. The van der Waals surface area contributed by atoms with Gasteiger partial charge >= 0.3 is 29.7 Å². The molecule has 0 aliphatic rings. The number of carbonyl (C=O) groups excluding carboxylic acids is 2. The molecule has 0 aromatic rings. The molecule has 0 aromatic carbocycles. The zero-order valence-electron chi connectivity index (χ0n) is 28.1.